The number of fused-ring (bicyclic) bond motifs is 1. The van der Waals surface area contributed by atoms with Gasteiger partial charge in [-0.1, -0.05) is 31.4 Å². The Balaban J connectivity index is 1.49. The lowest BCUT2D eigenvalue weighted by Gasteiger charge is -2.28. The number of carbonyl (C=O) groups excluding carboxylic acids is 1. The van der Waals surface area contributed by atoms with Gasteiger partial charge in [0.1, 0.15) is 17.2 Å². The van der Waals surface area contributed by atoms with E-state index in [1.807, 2.05) is 49.5 Å². The van der Waals surface area contributed by atoms with Crippen LogP contribution in [0.1, 0.15) is 53.7 Å². The van der Waals surface area contributed by atoms with Crippen molar-refractivity contribution in [2.24, 2.45) is 5.92 Å². The van der Waals surface area contributed by atoms with Crippen LogP contribution in [0.15, 0.2) is 42.6 Å². The molecule has 0 bridgehead atoms. The third kappa shape index (κ3) is 4.84. The molecule has 0 unspecified atom stereocenters. The number of hydrogen-bond acceptors (Lipinski definition) is 4. The van der Waals surface area contributed by atoms with Gasteiger partial charge >= 0.3 is 0 Å². The fourth-order valence-electron chi connectivity index (χ4n) is 4.62. The maximum absolute atomic E-state index is 12.8. The molecule has 1 aromatic carbocycles. The second kappa shape index (κ2) is 9.41. The van der Waals surface area contributed by atoms with Gasteiger partial charge in [-0.25, -0.2) is 4.98 Å². The lowest BCUT2D eigenvalue weighted by atomic mass is 9.89. The molecule has 1 N–H and O–H groups in total. The number of anilines is 1. The largest absolute Gasteiger partial charge is 0.497 e. The van der Waals surface area contributed by atoms with Crippen molar-refractivity contribution < 1.29 is 9.53 Å². The number of amides is 1. The number of benzene rings is 1. The monoisotopic (exact) mass is 420 g/mol. The van der Waals surface area contributed by atoms with Crippen LogP contribution in [0.5, 0.6) is 5.75 Å². The fourth-order valence-corrected chi connectivity index (χ4v) is 4.62. The van der Waals surface area contributed by atoms with E-state index in [0.717, 1.165) is 40.9 Å². The molecule has 0 aliphatic heterocycles. The van der Waals surface area contributed by atoms with Crippen molar-refractivity contribution in [3.05, 3.63) is 59.4 Å². The molecule has 6 heteroatoms. The van der Waals surface area contributed by atoms with Crippen LogP contribution in [-0.4, -0.2) is 36.0 Å². The number of nitrogens with zero attached hydrogens (tertiary/aromatic N) is 3. The fraction of sp³-hybridized carbons (Fsp3) is 0.440. The van der Waals surface area contributed by atoms with Gasteiger partial charge in [0.05, 0.1) is 18.4 Å². The minimum atomic E-state index is -0.0926. The summed E-state index contributed by atoms with van der Waals surface area (Å²) < 4.78 is 7.24. The number of nitrogens with one attached hydrogen (secondary N) is 1. The second-order valence-electron chi connectivity index (χ2n) is 8.58. The summed E-state index contributed by atoms with van der Waals surface area (Å²) in [6, 6.07) is 11.5. The Labute approximate surface area is 184 Å². The Kier molecular flexibility index (Phi) is 6.44. The van der Waals surface area contributed by atoms with Crippen LogP contribution >= 0.6 is 0 Å². The summed E-state index contributed by atoms with van der Waals surface area (Å²) >= 11 is 0. The molecule has 3 aromatic rings. The predicted octanol–water partition coefficient (Wildman–Crippen LogP) is 4.60. The van der Waals surface area contributed by atoms with Crippen molar-refractivity contribution in [1.82, 2.24) is 14.7 Å². The van der Waals surface area contributed by atoms with Crippen molar-refractivity contribution in [1.29, 1.82) is 0 Å². The van der Waals surface area contributed by atoms with E-state index in [-0.39, 0.29) is 5.91 Å². The first-order valence-electron chi connectivity index (χ1n) is 11.2. The molecule has 164 valence electrons. The first-order chi connectivity index (χ1) is 15.0. The van der Waals surface area contributed by atoms with E-state index >= 15 is 0 Å². The van der Waals surface area contributed by atoms with E-state index in [2.05, 4.69) is 21.7 Å². The Morgan fingerprint density at radius 3 is 2.61 bits per heavy atom. The smallest absolute Gasteiger partial charge is 0.253 e. The first kappa shape index (κ1) is 21.2. The molecular formula is C25H32N4O2. The zero-order chi connectivity index (χ0) is 21.8. The summed E-state index contributed by atoms with van der Waals surface area (Å²) in [6.07, 6.45) is 8.56. The maximum atomic E-state index is 12.8. The minimum Gasteiger partial charge on any atom is -0.497 e. The van der Waals surface area contributed by atoms with Gasteiger partial charge in [-0.2, -0.15) is 0 Å². The van der Waals surface area contributed by atoms with Gasteiger partial charge in [-0.15, -0.1) is 0 Å². The molecule has 1 aliphatic carbocycles. The van der Waals surface area contributed by atoms with Crippen LogP contribution in [0.25, 0.3) is 5.65 Å². The summed E-state index contributed by atoms with van der Waals surface area (Å²) in [6.45, 7) is 3.55. The number of methoxy groups -OCH3 is 1. The molecule has 2 heterocycles. The summed E-state index contributed by atoms with van der Waals surface area (Å²) in [7, 11) is 3.78. The van der Waals surface area contributed by atoms with E-state index in [1.165, 1.54) is 32.1 Å². The highest BCUT2D eigenvalue weighted by atomic mass is 16.5. The number of pyridine rings is 1. The van der Waals surface area contributed by atoms with Gasteiger partial charge in [0.25, 0.3) is 5.91 Å². The third-order valence-electron chi connectivity index (χ3n) is 6.25. The average molecular weight is 421 g/mol. The van der Waals surface area contributed by atoms with Crippen LogP contribution in [0, 0.1) is 12.8 Å². The standard InChI is InChI=1S/C25H32N4O2/c1-18-25(28(2)16-20-7-5-4-6-8-20)29-17-21(11-14-23(29)27-18)24(30)26-15-19-9-12-22(31-3)13-10-19/h9-14,17,20H,4-8,15-16H2,1-3H3,(H,26,30). The molecule has 2 aromatic heterocycles. The van der Waals surface area contributed by atoms with Crippen LogP contribution in [0.2, 0.25) is 0 Å². The van der Waals surface area contributed by atoms with Crippen LogP contribution < -0.4 is 15.0 Å². The summed E-state index contributed by atoms with van der Waals surface area (Å²) in [5, 5.41) is 3.01. The van der Waals surface area contributed by atoms with Crippen molar-refractivity contribution in [2.45, 2.75) is 45.6 Å². The van der Waals surface area contributed by atoms with Crippen LogP contribution in [0.3, 0.4) is 0 Å². The van der Waals surface area contributed by atoms with Crippen LogP contribution in [-0.2, 0) is 6.54 Å². The van der Waals surface area contributed by atoms with Gasteiger partial charge in [0.2, 0.25) is 0 Å². The second-order valence-corrected chi connectivity index (χ2v) is 8.58. The number of rotatable bonds is 7. The predicted molar refractivity (Wildman–Crippen MR) is 124 cm³/mol. The number of aromatic nitrogens is 2. The molecule has 1 saturated carbocycles. The van der Waals surface area contributed by atoms with E-state index in [9.17, 15) is 4.79 Å². The molecule has 0 atom stereocenters. The van der Waals surface area contributed by atoms with E-state index in [4.69, 9.17) is 9.72 Å². The zero-order valence-electron chi connectivity index (χ0n) is 18.7. The first-order valence-corrected chi connectivity index (χ1v) is 11.2. The highest BCUT2D eigenvalue weighted by Gasteiger charge is 2.20. The maximum Gasteiger partial charge on any atom is 0.253 e. The molecule has 31 heavy (non-hydrogen) atoms. The SMILES string of the molecule is COc1ccc(CNC(=O)c2ccc3nc(C)c(N(C)CC4CCCCC4)n3c2)cc1. The Bertz CT molecular complexity index is 1040. The number of carbonyl (C=O) groups is 1. The van der Waals surface area contributed by atoms with E-state index in [1.54, 1.807) is 7.11 Å². The normalized spacial score (nSPS) is 14.5. The highest BCUT2D eigenvalue weighted by molar-refractivity contribution is 5.94. The highest BCUT2D eigenvalue weighted by Crippen LogP contribution is 2.28. The minimum absolute atomic E-state index is 0.0926. The molecule has 1 fully saturated rings. The lowest BCUT2D eigenvalue weighted by Crippen LogP contribution is -2.28. The zero-order valence-corrected chi connectivity index (χ0v) is 18.7. The average Bonchev–Trinajstić information content (AvgIpc) is 3.13. The quantitative estimate of drug-likeness (QED) is 0.607. The molecule has 0 radical (unpaired) electrons. The van der Waals surface area contributed by atoms with Crippen molar-refractivity contribution >= 4 is 17.4 Å². The van der Waals surface area contributed by atoms with Gasteiger partial charge in [-0.3, -0.25) is 9.20 Å². The Morgan fingerprint density at radius 2 is 1.90 bits per heavy atom. The molecule has 0 saturated heterocycles. The summed E-state index contributed by atoms with van der Waals surface area (Å²) in [4.78, 5) is 19.8. The van der Waals surface area contributed by atoms with Gasteiger partial charge in [-0.05, 0) is 55.5 Å². The molecule has 0 spiro atoms. The van der Waals surface area contributed by atoms with Gasteiger partial charge in [0, 0.05) is 26.3 Å². The van der Waals surface area contributed by atoms with Crippen LogP contribution in [0.4, 0.5) is 5.82 Å². The van der Waals surface area contributed by atoms with Gasteiger partial charge < -0.3 is 15.0 Å². The Morgan fingerprint density at radius 1 is 1.16 bits per heavy atom. The number of imidazole rings is 1. The molecule has 6 nitrogen and oxygen atoms in total. The van der Waals surface area contributed by atoms with Crippen molar-refractivity contribution in [3.8, 4) is 5.75 Å². The molecule has 1 aliphatic rings. The molecule has 4 rings (SSSR count). The molecule has 1 amide bonds. The number of ether oxygens (including phenoxy) is 1. The van der Waals surface area contributed by atoms with E-state index < -0.39 is 0 Å². The van der Waals surface area contributed by atoms with Crippen molar-refractivity contribution in [3.63, 3.8) is 0 Å². The third-order valence-corrected chi connectivity index (χ3v) is 6.25. The molecular weight excluding hydrogens is 388 g/mol. The van der Waals surface area contributed by atoms with E-state index in [0.29, 0.717) is 12.1 Å². The van der Waals surface area contributed by atoms with Gasteiger partial charge in [0.15, 0.2) is 0 Å². The lowest BCUT2D eigenvalue weighted by molar-refractivity contribution is 0.0950. The summed E-state index contributed by atoms with van der Waals surface area (Å²) in [5.74, 6) is 2.52. The number of hydrogen-bond donors (Lipinski definition) is 1. The topological polar surface area (TPSA) is 58.9 Å². The van der Waals surface area contributed by atoms with Crippen molar-refractivity contribution in [2.75, 3.05) is 25.6 Å². The Hall–Kier alpha value is -3.02. The summed E-state index contributed by atoms with van der Waals surface area (Å²) in [5.41, 5.74) is 3.52. The number of aryl methyl sites for hydroxylation is 1.